The van der Waals surface area contributed by atoms with Gasteiger partial charge in [-0.05, 0) is 20.8 Å². The summed E-state index contributed by atoms with van der Waals surface area (Å²) in [6, 6.07) is 0. The second-order valence-electron chi connectivity index (χ2n) is 4.43. The highest BCUT2D eigenvalue weighted by Gasteiger charge is 2.25. The first-order valence-electron chi connectivity index (χ1n) is 6.91. The summed E-state index contributed by atoms with van der Waals surface area (Å²) < 4.78 is 10.6. The molecule has 0 unspecified atom stereocenters. The molecule has 0 aromatic carbocycles. The molecule has 0 fully saturated rings. The van der Waals surface area contributed by atoms with Crippen LogP contribution in [0.1, 0.15) is 30.0 Å². The lowest BCUT2D eigenvalue weighted by Gasteiger charge is -2.21. The van der Waals surface area contributed by atoms with Crippen molar-refractivity contribution < 1.29 is 19.1 Å². The van der Waals surface area contributed by atoms with Crippen LogP contribution in [0, 0.1) is 6.92 Å². The molecule has 0 aliphatic heterocycles. The highest BCUT2D eigenvalue weighted by atomic mass is 16.5. The van der Waals surface area contributed by atoms with Gasteiger partial charge in [-0.1, -0.05) is 0 Å². The average molecular weight is 293 g/mol. The molecule has 0 spiro atoms. The molecule has 2 rings (SSSR count). The minimum atomic E-state index is -0.454. The number of aromatic nitrogens is 2. The molecule has 21 heavy (non-hydrogen) atoms. The molecule has 2 aromatic heterocycles. The van der Waals surface area contributed by atoms with Crippen LogP contribution in [0.15, 0.2) is 10.7 Å². The van der Waals surface area contributed by atoms with Gasteiger partial charge in [-0.3, -0.25) is 0 Å². The molecule has 1 N–H and O–H groups in total. The van der Waals surface area contributed by atoms with Crippen LogP contribution in [0.4, 0.5) is 5.82 Å². The average Bonchev–Trinajstić information content (AvgIpc) is 2.81. The van der Waals surface area contributed by atoms with E-state index in [2.05, 4.69) is 9.97 Å². The van der Waals surface area contributed by atoms with Gasteiger partial charge in [0.2, 0.25) is 5.71 Å². The number of hydrogen-bond donors (Lipinski definition) is 1. The summed E-state index contributed by atoms with van der Waals surface area (Å²) in [5.74, 6) is 0.562. The van der Waals surface area contributed by atoms with Crippen molar-refractivity contribution in [2.75, 3.05) is 31.2 Å². The van der Waals surface area contributed by atoms with E-state index in [0.717, 1.165) is 0 Å². The summed E-state index contributed by atoms with van der Waals surface area (Å²) in [5, 5.41) is 9.70. The van der Waals surface area contributed by atoms with Crippen molar-refractivity contribution in [3.63, 3.8) is 0 Å². The van der Waals surface area contributed by atoms with Gasteiger partial charge in [0.1, 0.15) is 23.5 Å². The van der Waals surface area contributed by atoms with Crippen LogP contribution in [-0.4, -0.2) is 47.3 Å². The molecule has 0 saturated heterocycles. The predicted molar refractivity (Wildman–Crippen MR) is 77.5 cm³/mol. The smallest absolute Gasteiger partial charge is 0.342 e. The van der Waals surface area contributed by atoms with Gasteiger partial charge < -0.3 is 19.2 Å². The highest BCUT2D eigenvalue weighted by molar-refractivity contribution is 6.07. The second kappa shape index (κ2) is 6.53. The Bertz CT molecular complexity index is 638. The van der Waals surface area contributed by atoms with Gasteiger partial charge in [0.05, 0.1) is 18.6 Å². The zero-order valence-electron chi connectivity index (χ0n) is 12.4. The summed E-state index contributed by atoms with van der Waals surface area (Å²) in [4.78, 5) is 22.3. The predicted octanol–water partition coefficient (Wildman–Crippen LogP) is 1.53. The van der Waals surface area contributed by atoms with Crippen molar-refractivity contribution in [3.8, 4) is 0 Å². The van der Waals surface area contributed by atoms with Crippen LogP contribution in [0.25, 0.3) is 11.1 Å². The molecular formula is C14H19N3O4. The van der Waals surface area contributed by atoms with Crippen molar-refractivity contribution >= 4 is 22.9 Å². The van der Waals surface area contributed by atoms with Crippen LogP contribution < -0.4 is 4.90 Å². The molecule has 0 aliphatic carbocycles. The van der Waals surface area contributed by atoms with Crippen molar-refractivity contribution in [2.45, 2.75) is 20.8 Å². The zero-order chi connectivity index (χ0) is 15.4. The van der Waals surface area contributed by atoms with Crippen molar-refractivity contribution in [1.82, 2.24) is 9.97 Å². The number of anilines is 1. The fourth-order valence-corrected chi connectivity index (χ4v) is 2.25. The number of likely N-dealkylation sites (N-methyl/N-ethyl adjacent to an activating group) is 1. The zero-order valence-corrected chi connectivity index (χ0v) is 12.4. The molecule has 0 aliphatic rings. The van der Waals surface area contributed by atoms with Crippen molar-refractivity contribution in [3.05, 3.63) is 17.7 Å². The summed E-state index contributed by atoms with van der Waals surface area (Å²) >= 11 is 0. The highest BCUT2D eigenvalue weighted by Crippen LogP contribution is 2.31. The number of hydrogen-bond acceptors (Lipinski definition) is 7. The molecule has 0 amide bonds. The third-order valence-electron chi connectivity index (χ3n) is 3.18. The molecule has 0 saturated carbocycles. The number of aliphatic hydroxyl groups excluding tert-OH is 1. The number of aryl methyl sites for hydroxylation is 1. The van der Waals surface area contributed by atoms with Gasteiger partial charge in [-0.15, -0.1) is 0 Å². The van der Waals surface area contributed by atoms with Crippen LogP contribution in [0.5, 0.6) is 0 Å². The van der Waals surface area contributed by atoms with Crippen LogP contribution in [-0.2, 0) is 4.74 Å². The fourth-order valence-electron chi connectivity index (χ4n) is 2.25. The Morgan fingerprint density at radius 2 is 2.19 bits per heavy atom. The molecule has 0 radical (unpaired) electrons. The number of esters is 1. The van der Waals surface area contributed by atoms with Gasteiger partial charge in [0, 0.05) is 13.1 Å². The van der Waals surface area contributed by atoms with E-state index in [4.69, 9.17) is 14.3 Å². The first-order chi connectivity index (χ1) is 10.1. The number of ether oxygens (including phenoxy) is 1. The molecule has 7 nitrogen and oxygen atoms in total. The quantitative estimate of drug-likeness (QED) is 0.808. The Balaban J connectivity index is 2.63. The van der Waals surface area contributed by atoms with E-state index in [-0.39, 0.29) is 13.2 Å². The fraction of sp³-hybridized carbons (Fsp3) is 0.500. The van der Waals surface area contributed by atoms with E-state index in [0.29, 0.717) is 41.3 Å². The minimum Gasteiger partial charge on any atom is -0.462 e. The standard InChI is InChI=1S/C14H19N3O4/c1-4-17(6-7-18)12-11-10(14(19)20-5-2)9(3)21-13(11)16-8-15-12/h8,18H,4-7H2,1-3H3. The Labute approximate surface area is 122 Å². The minimum absolute atomic E-state index is 0.00902. The lowest BCUT2D eigenvalue weighted by Crippen LogP contribution is -2.27. The number of nitrogens with zero attached hydrogens (tertiary/aromatic N) is 3. The number of aliphatic hydroxyl groups is 1. The maximum absolute atomic E-state index is 12.2. The summed E-state index contributed by atoms with van der Waals surface area (Å²) in [6.07, 6.45) is 1.38. The van der Waals surface area contributed by atoms with Crippen molar-refractivity contribution in [2.24, 2.45) is 0 Å². The molecular weight excluding hydrogens is 274 g/mol. The van der Waals surface area contributed by atoms with Crippen LogP contribution >= 0.6 is 0 Å². The van der Waals surface area contributed by atoms with E-state index in [9.17, 15) is 4.79 Å². The third kappa shape index (κ3) is 2.82. The molecule has 2 heterocycles. The van der Waals surface area contributed by atoms with Crippen molar-refractivity contribution in [1.29, 1.82) is 0 Å². The van der Waals surface area contributed by atoms with Crippen LogP contribution in [0.3, 0.4) is 0 Å². The monoisotopic (exact) mass is 293 g/mol. The van der Waals surface area contributed by atoms with Gasteiger partial charge >= 0.3 is 5.97 Å². The number of carbonyl (C=O) groups excluding carboxylic acids is 1. The molecule has 7 heteroatoms. The SMILES string of the molecule is CCOC(=O)c1c(C)oc2ncnc(N(CC)CCO)c12. The Morgan fingerprint density at radius 1 is 1.43 bits per heavy atom. The summed E-state index contributed by atoms with van der Waals surface area (Å²) in [6.45, 7) is 6.71. The van der Waals surface area contributed by atoms with Crippen LogP contribution in [0.2, 0.25) is 0 Å². The number of fused-ring (bicyclic) bond motifs is 1. The Morgan fingerprint density at radius 3 is 2.81 bits per heavy atom. The Hall–Kier alpha value is -2.15. The largest absolute Gasteiger partial charge is 0.462 e. The topological polar surface area (TPSA) is 88.7 Å². The molecule has 0 bridgehead atoms. The third-order valence-corrected chi connectivity index (χ3v) is 3.18. The first kappa shape index (κ1) is 15.2. The summed E-state index contributed by atoms with van der Waals surface area (Å²) in [5.41, 5.74) is 0.691. The number of furan rings is 1. The van der Waals surface area contributed by atoms with E-state index in [1.165, 1.54) is 6.33 Å². The maximum Gasteiger partial charge on any atom is 0.342 e. The van der Waals surface area contributed by atoms with Gasteiger partial charge in [-0.2, -0.15) is 0 Å². The van der Waals surface area contributed by atoms with E-state index >= 15 is 0 Å². The van der Waals surface area contributed by atoms with E-state index in [1.807, 2.05) is 11.8 Å². The molecule has 114 valence electrons. The second-order valence-corrected chi connectivity index (χ2v) is 4.43. The number of carbonyl (C=O) groups is 1. The normalized spacial score (nSPS) is 10.9. The molecule has 0 atom stereocenters. The summed E-state index contributed by atoms with van der Waals surface area (Å²) in [7, 11) is 0. The molecule has 2 aromatic rings. The lowest BCUT2D eigenvalue weighted by atomic mass is 10.1. The maximum atomic E-state index is 12.2. The Kier molecular flexibility index (Phi) is 4.74. The van der Waals surface area contributed by atoms with Gasteiger partial charge in [0.25, 0.3) is 0 Å². The van der Waals surface area contributed by atoms with Gasteiger partial charge in [0.15, 0.2) is 0 Å². The lowest BCUT2D eigenvalue weighted by molar-refractivity contribution is 0.0526. The first-order valence-corrected chi connectivity index (χ1v) is 6.91. The van der Waals surface area contributed by atoms with E-state index < -0.39 is 5.97 Å². The number of rotatable bonds is 6. The van der Waals surface area contributed by atoms with E-state index in [1.54, 1.807) is 13.8 Å². The van der Waals surface area contributed by atoms with Gasteiger partial charge in [-0.25, -0.2) is 14.8 Å².